The molecule has 0 aliphatic carbocycles. The minimum absolute atomic E-state index is 0.0408. The number of nitrogens with zero attached hydrogens (tertiary/aromatic N) is 4. The third-order valence-corrected chi connectivity index (χ3v) is 3.60. The van der Waals surface area contributed by atoms with Crippen molar-refractivity contribution < 1.29 is 22.8 Å². The summed E-state index contributed by atoms with van der Waals surface area (Å²) in [6.07, 6.45) is -3.70. The number of ether oxygens (including phenoxy) is 1. The first-order valence-electron chi connectivity index (χ1n) is 6.94. The maximum absolute atomic E-state index is 12.2. The van der Waals surface area contributed by atoms with Crippen LogP contribution in [0.4, 0.5) is 24.7 Å². The monoisotopic (exact) mass is 334 g/mol. The molecule has 1 aromatic heterocycles. The molecule has 7 nitrogen and oxygen atoms in total. The lowest BCUT2D eigenvalue weighted by Gasteiger charge is -2.21. The molecule has 0 N–H and O–H groups in total. The second-order valence-electron chi connectivity index (χ2n) is 5.51. The highest BCUT2D eigenvalue weighted by Crippen LogP contribution is 2.32. The van der Waals surface area contributed by atoms with Gasteiger partial charge < -0.3 is 14.5 Å². The lowest BCUT2D eigenvalue weighted by Crippen LogP contribution is -2.32. The molecule has 0 saturated carbocycles. The molecule has 1 saturated heterocycles. The molecule has 0 amide bonds. The summed E-state index contributed by atoms with van der Waals surface area (Å²) in [6, 6.07) is 2.40. The van der Waals surface area contributed by atoms with Gasteiger partial charge in [-0.2, -0.15) is 18.2 Å². The van der Waals surface area contributed by atoms with Gasteiger partial charge in [0.2, 0.25) is 11.7 Å². The summed E-state index contributed by atoms with van der Waals surface area (Å²) in [5.41, 5.74) is -0.247. The Morgan fingerprint density at radius 3 is 2.70 bits per heavy atom. The summed E-state index contributed by atoms with van der Waals surface area (Å²) in [5, 5.41) is 11.1. The molecule has 23 heavy (non-hydrogen) atoms. The van der Waals surface area contributed by atoms with Gasteiger partial charge in [-0.15, -0.1) is 0 Å². The van der Waals surface area contributed by atoms with E-state index in [1.54, 1.807) is 4.90 Å². The first-order chi connectivity index (χ1) is 10.7. The number of halogens is 3. The van der Waals surface area contributed by atoms with E-state index in [-0.39, 0.29) is 23.4 Å². The minimum Gasteiger partial charge on any atom is -0.468 e. The van der Waals surface area contributed by atoms with Gasteiger partial charge in [-0.3, -0.25) is 10.1 Å². The van der Waals surface area contributed by atoms with Crippen LogP contribution in [0.1, 0.15) is 6.42 Å². The Labute approximate surface area is 130 Å². The molecule has 1 aliphatic rings. The molecule has 2 heterocycles. The molecule has 0 bridgehead atoms. The summed E-state index contributed by atoms with van der Waals surface area (Å²) < 4.78 is 41.2. The fourth-order valence-corrected chi connectivity index (χ4v) is 2.39. The first-order valence-corrected chi connectivity index (χ1v) is 6.94. The standard InChI is InChI=1S/C13H17F3N4O3/c1-18(2)9-5-6-19(7-9)12-10(20(21)22)3-4-11(17-12)23-8-13(14,15)16/h3-4,9H,5-8H2,1-2H3/t9-/m1/s1. The number of pyridine rings is 1. The van der Waals surface area contributed by atoms with Crippen molar-refractivity contribution in [3.63, 3.8) is 0 Å². The molecular weight excluding hydrogens is 317 g/mol. The molecule has 0 spiro atoms. The third-order valence-electron chi connectivity index (χ3n) is 3.60. The predicted octanol–water partition coefficient (Wildman–Crippen LogP) is 2.07. The number of hydrogen-bond donors (Lipinski definition) is 0. The SMILES string of the molecule is CN(C)[C@@H]1CCN(c2nc(OCC(F)(F)F)ccc2[N+](=O)[O-])C1. The molecule has 0 radical (unpaired) electrons. The highest BCUT2D eigenvalue weighted by atomic mass is 19.4. The van der Waals surface area contributed by atoms with E-state index in [0.29, 0.717) is 13.1 Å². The van der Waals surface area contributed by atoms with Gasteiger partial charge >= 0.3 is 11.9 Å². The average Bonchev–Trinajstić information content (AvgIpc) is 2.93. The molecule has 0 unspecified atom stereocenters. The minimum atomic E-state index is -4.49. The summed E-state index contributed by atoms with van der Waals surface area (Å²) in [5.74, 6) is -0.241. The number of anilines is 1. The van der Waals surface area contributed by atoms with Crippen molar-refractivity contribution in [2.75, 3.05) is 38.7 Å². The zero-order valence-electron chi connectivity index (χ0n) is 12.7. The van der Waals surface area contributed by atoms with Crippen LogP contribution in [0.5, 0.6) is 5.88 Å². The van der Waals surface area contributed by atoms with Crippen molar-refractivity contribution in [3.8, 4) is 5.88 Å². The van der Waals surface area contributed by atoms with E-state index in [1.165, 1.54) is 0 Å². The van der Waals surface area contributed by atoms with E-state index in [1.807, 2.05) is 19.0 Å². The molecule has 0 aromatic carbocycles. The zero-order chi connectivity index (χ0) is 17.2. The van der Waals surface area contributed by atoms with Gasteiger partial charge in [0, 0.05) is 31.3 Å². The van der Waals surface area contributed by atoms with Gasteiger partial charge in [-0.1, -0.05) is 0 Å². The van der Waals surface area contributed by atoms with Gasteiger partial charge in [0.1, 0.15) is 0 Å². The summed E-state index contributed by atoms with van der Waals surface area (Å²) in [4.78, 5) is 18.1. The van der Waals surface area contributed by atoms with Gasteiger partial charge in [0.25, 0.3) is 0 Å². The summed E-state index contributed by atoms with van der Waals surface area (Å²) in [7, 11) is 3.80. The smallest absolute Gasteiger partial charge is 0.422 e. The van der Waals surface area contributed by atoms with Crippen LogP contribution in [0.3, 0.4) is 0 Å². The van der Waals surface area contributed by atoms with E-state index < -0.39 is 17.7 Å². The first kappa shape index (κ1) is 17.3. The maximum atomic E-state index is 12.2. The van der Waals surface area contributed by atoms with Crippen LogP contribution in [0.2, 0.25) is 0 Å². The van der Waals surface area contributed by atoms with Gasteiger partial charge in [-0.05, 0) is 20.5 Å². The molecule has 128 valence electrons. The molecular formula is C13H17F3N4O3. The van der Waals surface area contributed by atoms with Crippen LogP contribution in [-0.2, 0) is 0 Å². The predicted molar refractivity (Wildman–Crippen MR) is 76.7 cm³/mol. The van der Waals surface area contributed by atoms with Crippen LogP contribution < -0.4 is 9.64 Å². The van der Waals surface area contributed by atoms with Gasteiger partial charge in [-0.25, -0.2) is 0 Å². The number of nitro groups is 1. The molecule has 1 atom stereocenters. The van der Waals surface area contributed by atoms with Crippen LogP contribution >= 0.6 is 0 Å². The van der Waals surface area contributed by atoms with Crippen LogP contribution in [-0.4, -0.2) is 60.8 Å². The van der Waals surface area contributed by atoms with Crippen molar-refractivity contribution >= 4 is 11.5 Å². The number of rotatable bonds is 5. The van der Waals surface area contributed by atoms with E-state index >= 15 is 0 Å². The Balaban J connectivity index is 2.23. The number of alkyl halides is 3. The van der Waals surface area contributed by atoms with Crippen molar-refractivity contribution in [1.29, 1.82) is 0 Å². The molecule has 10 heteroatoms. The number of hydrogen-bond acceptors (Lipinski definition) is 6. The van der Waals surface area contributed by atoms with E-state index in [2.05, 4.69) is 9.72 Å². The maximum Gasteiger partial charge on any atom is 0.422 e. The van der Waals surface area contributed by atoms with Crippen LogP contribution in [0.15, 0.2) is 12.1 Å². The van der Waals surface area contributed by atoms with Crippen molar-refractivity contribution in [2.45, 2.75) is 18.6 Å². The van der Waals surface area contributed by atoms with Crippen LogP contribution in [0, 0.1) is 10.1 Å². The zero-order valence-corrected chi connectivity index (χ0v) is 12.7. The number of aromatic nitrogens is 1. The molecule has 1 fully saturated rings. The fraction of sp³-hybridized carbons (Fsp3) is 0.615. The number of likely N-dealkylation sites (N-methyl/N-ethyl adjacent to an activating group) is 1. The Kier molecular flexibility index (Phi) is 4.93. The van der Waals surface area contributed by atoms with E-state index in [4.69, 9.17) is 0 Å². The van der Waals surface area contributed by atoms with Crippen molar-refractivity contribution in [3.05, 3.63) is 22.2 Å². The third kappa shape index (κ3) is 4.44. The highest BCUT2D eigenvalue weighted by molar-refractivity contribution is 5.59. The van der Waals surface area contributed by atoms with Gasteiger partial charge in [0.05, 0.1) is 4.92 Å². The quantitative estimate of drug-likeness (QED) is 0.606. The normalized spacial score (nSPS) is 18.5. The second-order valence-corrected chi connectivity index (χ2v) is 5.51. The Morgan fingerprint density at radius 2 is 2.17 bits per heavy atom. The second kappa shape index (κ2) is 6.57. The topological polar surface area (TPSA) is 71.7 Å². The Hall–Kier alpha value is -2.10. The summed E-state index contributed by atoms with van der Waals surface area (Å²) in [6.45, 7) is -0.430. The molecule has 2 rings (SSSR count). The summed E-state index contributed by atoms with van der Waals surface area (Å²) >= 11 is 0. The van der Waals surface area contributed by atoms with Crippen molar-refractivity contribution in [1.82, 2.24) is 9.88 Å². The molecule has 1 aliphatic heterocycles. The van der Waals surface area contributed by atoms with E-state index in [9.17, 15) is 23.3 Å². The lowest BCUT2D eigenvalue weighted by molar-refractivity contribution is -0.384. The van der Waals surface area contributed by atoms with Gasteiger partial charge in [0.15, 0.2) is 6.61 Å². The lowest BCUT2D eigenvalue weighted by atomic mass is 10.2. The fourth-order valence-electron chi connectivity index (χ4n) is 2.39. The Morgan fingerprint density at radius 1 is 1.48 bits per heavy atom. The Bertz CT molecular complexity index is 580. The largest absolute Gasteiger partial charge is 0.468 e. The van der Waals surface area contributed by atoms with Crippen LogP contribution in [0.25, 0.3) is 0 Å². The van der Waals surface area contributed by atoms with E-state index in [0.717, 1.165) is 18.6 Å². The van der Waals surface area contributed by atoms with Crippen molar-refractivity contribution in [2.24, 2.45) is 0 Å². The highest BCUT2D eigenvalue weighted by Gasteiger charge is 2.32. The molecule has 1 aromatic rings. The average molecular weight is 334 g/mol.